The normalized spacial score (nSPS) is 15.6. The average molecular weight is 341 g/mol. The fourth-order valence-corrected chi connectivity index (χ4v) is 3.12. The third kappa shape index (κ3) is 4.43. The van der Waals surface area contributed by atoms with E-state index < -0.39 is 12.6 Å². The number of aryl methyl sites for hydroxylation is 2. The van der Waals surface area contributed by atoms with E-state index in [9.17, 15) is 18.4 Å². The van der Waals surface area contributed by atoms with Gasteiger partial charge in [0.05, 0.1) is 0 Å². The van der Waals surface area contributed by atoms with Gasteiger partial charge in [0.25, 0.3) is 5.91 Å². The van der Waals surface area contributed by atoms with Crippen molar-refractivity contribution in [3.63, 3.8) is 0 Å². The molecule has 2 rings (SSSR count). The minimum atomic E-state index is -2.91. The van der Waals surface area contributed by atoms with Gasteiger partial charge in [0.2, 0.25) is 0 Å². The highest BCUT2D eigenvalue weighted by Crippen LogP contribution is 2.28. The second kappa shape index (κ2) is 7.59. The molecule has 1 heterocycles. The first-order valence-corrected chi connectivity index (χ1v) is 7.85. The molecule has 0 unspecified atom stereocenters. The van der Waals surface area contributed by atoms with Crippen molar-refractivity contribution in [2.24, 2.45) is 5.92 Å². The Bertz CT molecular complexity index is 602. The van der Waals surface area contributed by atoms with Crippen molar-refractivity contribution >= 4 is 11.9 Å². The van der Waals surface area contributed by atoms with Crippen molar-refractivity contribution in [2.45, 2.75) is 39.7 Å². The molecule has 0 aromatic heterocycles. The molecule has 24 heavy (non-hydrogen) atoms. The van der Waals surface area contributed by atoms with Crippen LogP contribution >= 0.6 is 0 Å². The van der Waals surface area contributed by atoms with Crippen LogP contribution in [0.1, 0.15) is 40.7 Å². The quantitative estimate of drug-likeness (QED) is 0.893. The van der Waals surface area contributed by atoms with Crippen molar-refractivity contribution < 1.29 is 28.2 Å². The Morgan fingerprint density at radius 2 is 1.79 bits per heavy atom. The van der Waals surface area contributed by atoms with Crippen LogP contribution in [0.5, 0.6) is 5.75 Å². The molecule has 0 saturated carbocycles. The van der Waals surface area contributed by atoms with E-state index in [1.807, 2.05) is 0 Å². The van der Waals surface area contributed by atoms with Gasteiger partial charge in [-0.1, -0.05) is 0 Å². The molecule has 0 spiro atoms. The summed E-state index contributed by atoms with van der Waals surface area (Å²) in [6.07, 6.45) is 1.44. The lowest BCUT2D eigenvalue weighted by atomic mass is 9.93. The molecule has 1 aliphatic heterocycles. The fraction of sp³-hybridized carbons (Fsp3) is 0.529. The van der Waals surface area contributed by atoms with Crippen LogP contribution in [0.25, 0.3) is 0 Å². The van der Waals surface area contributed by atoms with Crippen molar-refractivity contribution in [2.75, 3.05) is 13.1 Å². The molecule has 1 N–H and O–H groups in total. The lowest BCUT2D eigenvalue weighted by Gasteiger charge is -2.31. The number of amides is 1. The van der Waals surface area contributed by atoms with E-state index in [-0.39, 0.29) is 24.0 Å². The number of benzene rings is 1. The van der Waals surface area contributed by atoms with Crippen LogP contribution in [0.15, 0.2) is 12.1 Å². The minimum Gasteiger partial charge on any atom is -0.481 e. The molecule has 5 nitrogen and oxygen atoms in total. The van der Waals surface area contributed by atoms with Gasteiger partial charge < -0.3 is 14.7 Å². The van der Waals surface area contributed by atoms with Gasteiger partial charge in [0.1, 0.15) is 5.75 Å². The molecule has 1 aromatic carbocycles. The number of piperidine rings is 1. The molecular weight excluding hydrogens is 320 g/mol. The second-order valence-corrected chi connectivity index (χ2v) is 6.15. The number of halogens is 2. The number of alkyl halides is 2. The molecule has 0 aliphatic carbocycles. The highest BCUT2D eigenvalue weighted by Gasteiger charge is 2.25. The highest BCUT2D eigenvalue weighted by molar-refractivity contribution is 5.95. The first-order valence-electron chi connectivity index (χ1n) is 7.85. The number of ether oxygens (including phenoxy) is 1. The summed E-state index contributed by atoms with van der Waals surface area (Å²) in [6.45, 7) is 1.35. The molecule has 0 radical (unpaired) electrons. The number of likely N-dealkylation sites (tertiary alicyclic amines) is 1. The number of hydrogen-bond donors (Lipinski definition) is 1. The van der Waals surface area contributed by atoms with Crippen LogP contribution in [-0.2, 0) is 4.79 Å². The van der Waals surface area contributed by atoms with Crippen LogP contribution in [0.2, 0.25) is 0 Å². The van der Waals surface area contributed by atoms with Crippen molar-refractivity contribution in [1.82, 2.24) is 4.90 Å². The smallest absolute Gasteiger partial charge is 0.387 e. The fourth-order valence-electron chi connectivity index (χ4n) is 3.12. The van der Waals surface area contributed by atoms with E-state index in [2.05, 4.69) is 4.74 Å². The Morgan fingerprint density at radius 3 is 2.25 bits per heavy atom. The predicted octanol–water partition coefficient (Wildman–Crippen LogP) is 3.23. The maximum atomic E-state index is 12.6. The maximum Gasteiger partial charge on any atom is 0.387 e. The summed E-state index contributed by atoms with van der Waals surface area (Å²) in [6, 6.07) is 3.10. The van der Waals surface area contributed by atoms with Crippen LogP contribution < -0.4 is 4.74 Å². The van der Waals surface area contributed by atoms with Crippen LogP contribution in [0.3, 0.4) is 0 Å². The van der Waals surface area contributed by atoms with E-state index in [4.69, 9.17) is 5.11 Å². The number of nitrogens with zero attached hydrogens (tertiary/aromatic N) is 1. The summed E-state index contributed by atoms with van der Waals surface area (Å²) in [5.41, 5.74) is 1.40. The van der Waals surface area contributed by atoms with Gasteiger partial charge in [-0.3, -0.25) is 9.59 Å². The number of carboxylic acid groups (broad SMARTS) is 1. The molecule has 1 aliphatic rings. The monoisotopic (exact) mass is 341 g/mol. The van der Waals surface area contributed by atoms with Gasteiger partial charge >= 0.3 is 12.6 Å². The van der Waals surface area contributed by atoms with E-state index in [0.29, 0.717) is 42.6 Å². The summed E-state index contributed by atoms with van der Waals surface area (Å²) in [7, 11) is 0. The number of hydrogen-bond acceptors (Lipinski definition) is 3. The minimum absolute atomic E-state index is 0.0943. The van der Waals surface area contributed by atoms with Crippen molar-refractivity contribution in [3.8, 4) is 5.75 Å². The van der Waals surface area contributed by atoms with Crippen LogP contribution in [0.4, 0.5) is 8.78 Å². The Morgan fingerprint density at radius 1 is 1.25 bits per heavy atom. The van der Waals surface area contributed by atoms with Gasteiger partial charge in [-0.15, -0.1) is 0 Å². The topological polar surface area (TPSA) is 66.8 Å². The van der Waals surface area contributed by atoms with Crippen molar-refractivity contribution in [3.05, 3.63) is 28.8 Å². The highest BCUT2D eigenvalue weighted by atomic mass is 19.3. The Hall–Kier alpha value is -2.18. The molecule has 1 aromatic rings. The Kier molecular flexibility index (Phi) is 5.75. The zero-order chi connectivity index (χ0) is 17.9. The number of carbonyl (C=O) groups is 2. The molecule has 7 heteroatoms. The van der Waals surface area contributed by atoms with Crippen LogP contribution in [-0.4, -0.2) is 41.6 Å². The predicted molar refractivity (Wildman–Crippen MR) is 83.4 cm³/mol. The van der Waals surface area contributed by atoms with Gasteiger partial charge in [0.15, 0.2) is 0 Å². The second-order valence-electron chi connectivity index (χ2n) is 6.15. The van der Waals surface area contributed by atoms with E-state index in [0.717, 1.165) is 0 Å². The molecule has 1 amide bonds. The molecule has 0 bridgehead atoms. The SMILES string of the molecule is Cc1cc(C(=O)N2CCC(CC(=O)O)CC2)cc(C)c1OC(F)F. The van der Waals surface area contributed by atoms with Gasteiger partial charge in [-0.05, 0) is 55.9 Å². The molecule has 132 valence electrons. The molecule has 0 atom stereocenters. The summed E-state index contributed by atoms with van der Waals surface area (Å²) in [5.74, 6) is -0.794. The largest absolute Gasteiger partial charge is 0.481 e. The summed E-state index contributed by atoms with van der Waals surface area (Å²) in [4.78, 5) is 25.0. The number of rotatable bonds is 5. The standard InChI is InChI=1S/C17H21F2NO4/c1-10-7-13(8-11(2)15(10)24-17(18)19)16(23)20-5-3-12(4-6-20)9-14(21)22/h7-8,12,17H,3-6,9H2,1-2H3,(H,21,22). The summed E-state index contributed by atoms with van der Waals surface area (Å²) >= 11 is 0. The molecular formula is C17H21F2NO4. The average Bonchev–Trinajstić information content (AvgIpc) is 2.50. The Labute approximate surface area is 139 Å². The molecule has 1 fully saturated rings. The van der Waals surface area contributed by atoms with Gasteiger partial charge in [0, 0.05) is 25.1 Å². The first-order chi connectivity index (χ1) is 11.3. The maximum absolute atomic E-state index is 12.6. The zero-order valence-corrected chi connectivity index (χ0v) is 13.7. The number of aliphatic carboxylic acids is 1. The lowest BCUT2D eigenvalue weighted by molar-refractivity contribution is -0.138. The Balaban J connectivity index is 2.07. The number of carboxylic acids is 1. The third-order valence-electron chi connectivity index (χ3n) is 4.28. The van der Waals surface area contributed by atoms with Crippen molar-refractivity contribution in [1.29, 1.82) is 0 Å². The van der Waals surface area contributed by atoms with Crippen LogP contribution in [0, 0.1) is 19.8 Å². The van der Waals surface area contributed by atoms with E-state index in [1.54, 1.807) is 30.9 Å². The summed E-state index contributed by atoms with van der Waals surface area (Å²) in [5, 5.41) is 8.82. The van der Waals surface area contributed by atoms with E-state index in [1.165, 1.54) is 0 Å². The van der Waals surface area contributed by atoms with Gasteiger partial charge in [-0.25, -0.2) is 0 Å². The first kappa shape index (κ1) is 18.2. The third-order valence-corrected chi connectivity index (χ3v) is 4.28. The lowest BCUT2D eigenvalue weighted by Crippen LogP contribution is -2.39. The molecule has 1 saturated heterocycles. The number of carbonyl (C=O) groups excluding carboxylic acids is 1. The summed E-state index contributed by atoms with van der Waals surface area (Å²) < 4.78 is 29.3. The van der Waals surface area contributed by atoms with Gasteiger partial charge in [-0.2, -0.15) is 8.78 Å². The van der Waals surface area contributed by atoms with E-state index >= 15 is 0 Å². The zero-order valence-electron chi connectivity index (χ0n) is 13.7.